The number of likely N-dealkylation sites (tertiary alicyclic amines) is 1. The van der Waals surface area contributed by atoms with Crippen LogP contribution in [0.5, 0.6) is 0 Å². The lowest BCUT2D eigenvalue weighted by Gasteiger charge is -2.32. The third kappa shape index (κ3) is 3.47. The van der Waals surface area contributed by atoms with Crippen molar-refractivity contribution in [2.75, 3.05) is 13.1 Å². The van der Waals surface area contributed by atoms with Crippen molar-refractivity contribution in [2.45, 2.75) is 19.4 Å². The number of amides is 1. The maximum absolute atomic E-state index is 12.5. The Morgan fingerprint density at radius 2 is 1.92 bits per heavy atom. The van der Waals surface area contributed by atoms with E-state index in [0.29, 0.717) is 5.92 Å². The predicted octanol–water partition coefficient (Wildman–Crippen LogP) is 4.35. The summed E-state index contributed by atoms with van der Waals surface area (Å²) in [5.41, 5.74) is 1.96. The van der Waals surface area contributed by atoms with E-state index in [-0.39, 0.29) is 5.91 Å². The van der Waals surface area contributed by atoms with Crippen molar-refractivity contribution >= 4 is 32.7 Å². The van der Waals surface area contributed by atoms with Gasteiger partial charge in [0.15, 0.2) is 0 Å². The molecule has 0 unspecified atom stereocenters. The second-order valence-corrected chi connectivity index (χ2v) is 7.45. The Balaban J connectivity index is 1.39. The maximum atomic E-state index is 12.5. The molecule has 1 fully saturated rings. The van der Waals surface area contributed by atoms with Gasteiger partial charge < -0.3 is 9.47 Å². The summed E-state index contributed by atoms with van der Waals surface area (Å²) in [6.07, 6.45) is 6.15. The molecule has 1 amide bonds. The number of carbonyl (C=O) groups is 1. The monoisotopic (exact) mass is 397 g/mol. The van der Waals surface area contributed by atoms with Gasteiger partial charge in [0.2, 0.25) is 0 Å². The molecule has 1 aliphatic rings. The summed E-state index contributed by atoms with van der Waals surface area (Å²) in [6, 6.07) is 13.8. The summed E-state index contributed by atoms with van der Waals surface area (Å²) in [4.78, 5) is 18.9. The Bertz CT molecular complexity index is 882. The molecule has 0 saturated carbocycles. The first-order valence-corrected chi connectivity index (χ1v) is 9.45. The van der Waals surface area contributed by atoms with Crippen molar-refractivity contribution in [3.05, 3.63) is 65.0 Å². The maximum Gasteiger partial charge on any atom is 0.253 e. The van der Waals surface area contributed by atoms with Gasteiger partial charge in [0.25, 0.3) is 5.91 Å². The standard InChI is InChI=1S/C20H20BrN3O/c21-19-12-17-8-11-24(18(17)13-22-19)14-15-6-9-23(10-7-15)20(25)16-4-2-1-3-5-16/h1-5,8,11-13,15H,6-7,9-10,14H2. The number of nitrogens with zero attached hydrogens (tertiary/aromatic N) is 3. The number of hydrogen-bond donors (Lipinski definition) is 0. The van der Waals surface area contributed by atoms with Gasteiger partial charge in [-0.25, -0.2) is 4.98 Å². The molecule has 3 aromatic rings. The third-order valence-corrected chi connectivity index (χ3v) is 5.44. The van der Waals surface area contributed by atoms with Crippen molar-refractivity contribution in [1.82, 2.24) is 14.5 Å². The van der Waals surface area contributed by atoms with Gasteiger partial charge in [0, 0.05) is 36.8 Å². The van der Waals surface area contributed by atoms with Gasteiger partial charge in [-0.15, -0.1) is 0 Å². The number of rotatable bonds is 3. The summed E-state index contributed by atoms with van der Waals surface area (Å²) in [6.45, 7) is 2.66. The van der Waals surface area contributed by atoms with E-state index < -0.39 is 0 Å². The van der Waals surface area contributed by atoms with Crippen LogP contribution in [0.3, 0.4) is 0 Å². The summed E-state index contributed by atoms with van der Waals surface area (Å²) in [5.74, 6) is 0.749. The quantitative estimate of drug-likeness (QED) is 0.616. The van der Waals surface area contributed by atoms with Crippen LogP contribution in [-0.4, -0.2) is 33.4 Å². The largest absolute Gasteiger partial charge is 0.346 e. The highest BCUT2D eigenvalue weighted by molar-refractivity contribution is 9.10. The van der Waals surface area contributed by atoms with Gasteiger partial charge in [-0.2, -0.15) is 0 Å². The van der Waals surface area contributed by atoms with Crippen molar-refractivity contribution in [3.63, 3.8) is 0 Å². The molecule has 3 heterocycles. The van der Waals surface area contributed by atoms with Gasteiger partial charge in [0.05, 0.1) is 11.7 Å². The van der Waals surface area contributed by atoms with Crippen molar-refractivity contribution < 1.29 is 4.79 Å². The summed E-state index contributed by atoms with van der Waals surface area (Å²) in [5, 5.41) is 1.21. The van der Waals surface area contributed by atoms with Gasteiger partial charge in [-0.1, -0.05) is 18.2 Å². The zero-order chi connectivity index (χ0) is 17.2. The van der Waals surface area contributed by atoms with Crippen molar-refractivity contribution in [2.24, 2.45) is 5.92 Å². The SMILES string of the molecule is O=C(c1ccccc1)N1CCC(Cn2ccc3cc(Br)ncc32)CC1. The van der Waals surface area contributed by atoms with Crippen LogP contribution >= 0.6 is 15.9 Å². The van der Waals surface area contributed by atoms with Gasteiger partial charge in [0.1, 0.15) is 4.60 Å². The molecule has 0 aliphatic carbocycles. The number of aromatic nitrogens is 2. The van der Waals surface area contributed by atoms with Crippen LogP contribution < -0.4 is 0 Å². The molecule has 1 aliphatic heterocycles. The summed E-state index contributed by atoms with van der Waals surface area (Å²) in [7, 11) is 0. The lowest BCUT2D eigenvalue weighted by Crippen LogP contribution is -2.39. The van der Waals surface area contributed by atoms with Crippen molar-refractivity contribution in [3.8, 4) is 0 Å². The van der Waals surface area contributed by atoms with E-state index >= 15 is 0 Å². The van der Waals surface area contributed by atoms with Crippen molar-refractivity contribution in [1.29, 1.82) is 0 Å². The van der Waals surface area contributed by atoms with Crippen LogP contribution in [0.4, 0.5) is 0 Å². The molecule has 4 rings (SSSR count). The minimum absolute atomic E-state index is 0.152. The minimum atomic E-state index is 0.152. The molecule has 0 N–H and O–H groups in total. The van der Waals surface area contributed by atoms with Crippen LogP contribution in [0.25, 0.3) is 10.9 Å². The van der Waals surface area contributed by atoms with Gasteiger partial charge in [-0.05, 0) is 59.0 Å². The summed E-state index contributed by atoms with van der Waals surface area (Å²) < 4.78 is 3.15. The molecule has 4 nitrogen and oxygen atoms in total. The molecule has 0 atom stereocenters. The molecular weight excluding hydrogens is 378 g/mol. The van der Waals surface area contributed by atoms with E-state index in [2.05, 4.69) is 37.7 Å². The highest BCUT2D eigenvalue weighted by atomic mass is 79.9. The van der Waals surface area contributed by atoms with E-state index in [4.69, 9.17) is 0 Å². The van der Waals surface area contributed by atoms with E-state index in [1.54, 1.807) is 0 Å². The Morgan fingerprint density at radius 1 is 1.16 bits per heavy atom. The fourth-order valence-electron chi connectivity index (χ4n) is 3.58. The molecule has 0 radical (unpaired) electrons. The van der Waals surface area contributed by atoms with Crippen LogP contribution in [-0.2, 0) is 6.54 Å². The van der Waals surface area contributed by atoms with E-state index in [1.165, 1.54) is 10.9 Å². The second-order valence-electron chi connectivity index (χ2n) is 6.64. The van der Waals surface area contributed by atoms with Crippen LogP contribution in [0.1, 0.15) is 23.2 Å². The molecule has 128 valence electrons. The number of carbonyl (C=O) groups excluding carboxylic acids is 1. The normalized spacial score (nSPS) is 15.6. The Hall–Kier alpha value is -2.14. The molecule has 2 aromatic heterocycles. The summed E-state index contributed by atoms with van der Waals surface area (Å²) >= 11 is 3.42. The number of pyridine rings is 1. The highest BCUT2D eigenvalue weighted by Gasteiger charge is 2.24. The van der Waals surface area contributed by atoms with E-state index in [0.717, 1.165) is 42.6 Å². The number of benzene rings is 1. The fourth-order valence-corrected chi connectivity index (χ4v) is 3.93. The molecule has 1 aromatic carbocycles. The highest BCUT2D eigenvalue weighted by Crippen LogP contribution is 2.24. The van der Waals surface area contributed by atoms with Crippen LogP contribution in [0.15, 0.2) is 59.5 Å². The molecule has 1 saturated heterocycles. The minimum Gasteiger partial charge on any atom is -0.346 e. The smallest absolute Gasteiger partial charge is 0.253 e. The van der Waals surface area contributed by atoms with E-state index in [1.807, 2.05) is 47.5 Å². The Morgan fingerprint density at radius 3 is 2.68 bits per heavy atom. The molecular formula is C20H20BrN3O. The van der Waals surface area contributed by atoms with Crippen LogP contribution in [0.2, 0.25) is 0 Å². The first-order chi connectivity index (χ1) is 12.2. The lowest BCUT2D eigenvalue weighted by molar-refractivity contribution is 0.0683. The third-order valence-electron chi connectivity index (χ3n) is 5.00. The van der Waals surface area contributed by atoms with Gasteiger partial charge >= 0.3 is 0 Å². The van der Waals surface area contributed by atoms with E-state index in [9.17, 15) is 4.79 Å². The molecule has 0 spiro atoms. The molecule has 25 heavy (non-hydrogen) atoms. The zero-order valence-corrected chi connectivity index (χ0v) is 15.5. The number of piperidine rings is 1. The topological polar surface area (TPSA) is 38.1 Å². The van der Waals surface area contributed by atoms with Crippen LogP contribution in [0, 0.1) is 5.92 Å². The Labute approximate surface area is 155 Å². The average molecular weight is 398 g/mol. The first kappa shape index (κ1) is 16.3. The lowest BCUT2D eigenvalue weighted by atomic mass is 9.96. The number of halogens is 1. The fraction of sp³-hybridized carbons (Fsp3) is 0.300. The predicted molar refractivity (Wildman–Crippen MR) is 103 cm³/mol. The zero-order valence-electron chi connectivity index (χ0n) is 13.9. The second kappa shape index (κ2) is 7.00. The number of fused-ring (bicyclic) bond motifs is 1. The first-order valence-electron chi connectivity index (χ1n) is 8.65. The molecule has 5 heteroatoms. The average Bonchev–Trinajstić information content (AvgIpc) is 3.04. The number of hydrogen-bond acceptors (Lipinski definition) is 2. The van der Waals surface area contributed by atoms with Gasteiger partial charge in [-0.3, -0.25) is 4.79 Å². The molecule has 0 bridgehead atoms. The Kier molecular flexibility index (Phi) is 4.57.